The highest BCUT2D eigenvalue weighted by Crippen LogP contribution is 2.58. The van der Waals surface area contributed by atoms with Gasteiger partial charge in [-0.2, -0.15) is 0 Å². The molecule has 0 saturated heterocycles. The van der Waals surface area contributed by atoms with E-state index < -0.39 is 5.41 Å². The maximum absolute atomic E-state index is 2.45. The maximum atomic E-state index is 2.45. The minimum absolute atomic E-state index is 0.546. The van der Waals surface area contributed by atoms with Crippen LogP contribution in [0.15, 0.2) is 243 Å². The van der Waals surface area contributed by atoms with Gasteiger partial charge in [0.15, 0.2) is 0 Å². The summed E-state index contributed by atoms with van der Waals surface area (Å²) in [5.41, 5.74) is 15.9. The fourth-order valence-corrected chi connectivity index (χ4v) is 8.78. The van der Waals surface area contributed by atoms with E-state index in [4.69, 9.17) is 0 Å². The summed E-state index contributed by atoms with van der Waals surface area (Å²) >= 11 is 0. The molecule has 0 amide bonds. The van der Waals surface area contributed by atoms with Crippen molar-refractivity contribution < 1.29 is 0 Å². The molecule has 0 spiro atoms. The van der Waals surface area contributed by atoms with Crippen LogP contribution in [-0.2, 0) is 5.41 Å². The third kappa shape index (κ3) is 6.00. The second-order valence-corrected chi connectivity index (χ2v) is 14.5. The number of hydrogen-bond acceptors (Lipinski definition) is 2. The SMILES string of the molecule is c1ccc(-c2ccc(N(c3ccccc3)c3cccc(-c4ccc5c(c4)N(c4ccccc4)c4ccccc4C5(c4ccccc4)c4ccccc4)c3)cc2)cc1. The van der Waals surface area contributed by atoms with Gasteiger partial charge in [0.2, 0.25) is 0 Å². The molecule has 57 heavy (non-hydrogen) atoms. The zero-order valence-corrected chi connectivity index (χ0v) is 31.5. The summed E-state index contributed by atoms with van der Waals surface area (Å²) in [6, 6.07) is 87.9. The van der Waals surface area contributed by atoms with Crippen molar-refractivity contribution in [2.75, 3.05) is 9.80 Å². The molecule has 10 rings (SSSR count). The number of para-hydroxylation sites is 3. The van der Waals surface area contributed by atoms with Crippen LogP contribution in [-0.4, -0.2) is 0 Å². The predicted molar refractivity (Wildman–Crippen MR) is 239 cm³/mol. The first-order valence-corrected chi connectivity index (χ1v) is 19.6. The van der Waals surface area contributed by atoms with Gasteiger partial charge in [-0.3, -0.25) is 0 Å². The predicted octanol–water partition coefficient (Wildman–Crippen LogP) is 14.7. The second-order valence-electron chi connectivity index (χ2n) is 14.5. The van der Waals surface area contributed by atoms with E-state index in [0.717, 1.165) is 39.6 Å². The molecule has 0 radical (unpaired) electrons. The Labute approximate surface area is 335 Å². The van der Waals surface area contributed by atoms with Crippen LogP contribution in [0.5, 0.6) is 0 Å². The van der Waals surface area contributed by atoms with Crippen molar-refractivity contribution in [1.82, 2.24) is 0 Å². The fraction of sp³-hybridized carbons (Fsp3) is 0.0182. The first-order valence-electron chi connectivity index (χ1n) is 19.6. The minimum atomic E-state index is -0.546. The van der Waals surface area contributed by atoms with Gasteiger partial charge in [0, 0.05) is 22.7 Å². The molecular weight excluding hydrogens is 689 g/mol. The highest BCUT2D eigenvalue weighted by Gasteiger charge is 2.46. The normalized spacial score (nSPS) is 12.7. The van der Waals surface area contributed by atoms with Crippen LogP contribution in [0.4, 0.5) is 34.1 Å². The Balaban J connectivity index is 1.16. The molecule has 9 aromatic rings. The van der Waals surface area contributed by atoms with E-state index >= 15 is 0 Å². The lowest BCUT2D eigenvalue weighted by atomic mass is 9.62. The van der Waals surface area contributed by atoms with Gasteiger partial charge in [0.25, 0.3) is 0 Å². The van der Waals surface area contributed by atoms with Crippen LogP contribution in [0.25, 0.3) is 22.3 Å². The Morgan fingerprint density at radius 3 is 1.42 bits per heavy atom. The molecular formula is C55H40N2. The van der Waals surface area contributed by atoms with E-state index in [1.807, 2.05) is 0 Å². The van der Waals surface area contributed by atoms with Gasteiger partial charge >= 0.3 is 0 Å². The highest BCUT2D eigenvalue weighted by atomic mass is 15.2. The van der Waals surface area contributed by atoms with Gasteiger partial charge in [0.05, 0.1) is 16.8 Å². The van der Waals surface area contributed by atoms with Gasteiger partial charge in [-0.1, -0.05) is 182 Å². The molecule has 0 atom stereocenters. The molecule has 1 aliphatic rings. The van der Waals surface area contributed by atoms with Crippen LogP contribution < -0.4 is 9.80 Å². The van der Waals surface area contributed by atoms with Gasteiger partial charge in [-0.05, 0) is 105 Å². The van der Waals surface area contributed by atoms with Crippen LogP contribution in [0.3, 0.4) is 0 Å². The first kappa shape index (κ1) is 34.1. The largest absolute Gasteiger partial charge is 0.310 e. The van der Waals surface area contributed by atoms with Gasteiger partial charge in [0.1, 0.15) is 0 Å². The lowest BCUT2D eigenvalue weighted by Gasteiger charge is -2.46. The van der Waals surface area contributed by atoms with Gasteiger partial charge in [-0.25, -0.2) is 0 Å². The second kappa shape index (κ2) is 14.7. The molecule has 0 aromatic heterocycles. The van der Waals surface area contributed by atoms with Gasteiger partial charge < -0.3 is 9.80 Å². The molecule has 0 aliphatic carbocycles. The highest BCUT2D eigenvalue weighted by molar-refractivity contribution is 5.92. The van der Waals surface area contributed by atoms with Crippen molar-refractivity contribution in [2.24, 2.45) is 0 Å². The summed E-state index contributed by atoms with van der Waals surface area (Å²) in [7, 11) is 0. The van der Waals surface area contributed by atoms with E-state index in [-0.39, 0.29) is 0 Å². The number of nitrogens with zero attached hydrogens (tertiary/aromatic N) is 2. The molecule has 2 heteroatoms. The average Bonchev–Trinajstić information content (AvgIpc) is 3.30. The van der Waals surface area contributed by atoms with E-state index in [1.54, 1.807) is 0 Å². The Hall–Kier alpha value is -7.42. The van der Waals surface area contributed by atoms with E-state index in [1.165, 1.54) is 39.1 Å². The number of fused-ring (bicyclic) bond motifs is 2. The average molecular weight is 729 g/mol. The lowest BCUT2D eigenvalue weighted by Crippen LogP contribution is -2.37. The van der Waals surface area contributed by atoms with Crippen molar-refractivity contribution in [3.8, 4) is 22.3 Å². The summed E-state index contributed by atoms with van der Waals surface area (Å²) in [6.07, 6.45) is 0. The Morgan fingerprint density at radius 1 is 0.298 bits per heavy atom. The fourth-order valence-electron chi connectivity index (χ4n) is 8.78. The molecule has 0 saturated carbocycles. The molecule has 2 nitrogen and oxygen atoms in total. The van der Waals surface area contributed by atoms with E-state index in [0.29, 0.717) is 0 Å². The number of hydrogen-bond donors (Lipinski definition) is 0. The number of anilines is 6. The number of benzene rings is 9. The van der Waals surface area contributed by atoms with Crippen LogP contribution in [0.1, 0.15) is 22.3 Å². The third-order valence-electron chi connectivity index (χ3n) is 11.3. The van der Waals surface area contributed by atoms with Crippen molar-refractivity contribution >= 4 is 34.1 Å². The zero-order chi connectivity index (χ0) is 38.0. The standard InChI is InChI=1S/C55H40N2/c1-6-19-41(20-7-1)42-33-36-49(37-34-42)56(47-26-12-4-13-27-47)50-30-18-21-43(39-50)44-35-38-52-54(40-44)57(48-28-14-5-15-29-48)53-32-17-16-31-51(53)55(52,45-22-8-2-9-23-45)46-24-10-3-11-25-46/h1-40H. The van der Waals surface area contributed by atoms with Crippen LogP contribution in [0.2, 0.25) is 0 Å². The summed E-state index contributed by atoms with van der Waals surface area (Å²) in [5, 5.41) is 0. The van der Waals surface area contributed by atoms with Crippen LogP contribution in [0, 0.1) is 0 Å². The smallest absolute Gasteiger partial charge is 0.0742 e. The molecule has 270 valence electrons. The monoisotopic (exact) mass is 728 g/mol. The Morgan fingerprint density at radius 2 is 0.754 bits per heavy atom. The first-order chi connectivity index (χ1) is 28.3. The van der Waals surface area contributed by atoms with E-state index in [9.17, 15) is 0 Å². The third-order valence-corrected chi connectivity index (χ3v) is 11.3. The molecule has 0 N–H and O–H groups in total. The maximum Gasteiger partial charge on any atom is 0.0742 e. The summed E-state index contributed by atoms with van der Waals surface area (Å²) in [5.74, 6) is 0. The van der Waals surface area contributed by atoms with Crippen molar-refractivity contribution in [3.05, 3.63) is 265 Å². The van der Waals surface area contributed by atoms with Crippen molar-refractivity contribution in [1.29, 1.82) is 0 Å². The Kier molecular flexibility index (Phi) is 8.78. The van der Waals surface area contributed by atoms with Crippen molar-refractivity contribution in [2.45, 2.75) is 5.41 Å². The van der Waals surface area contributed by atoms with Crippen molar-refractivity contribution in [3.63, 3.8) is 0 Å². The van der Waals surface area contributed by atoms with Gasteiger partial charge in [-0.15, -0.1) is 0 Å². The molecule has 0 bridgehead atoms. The number of rotatable bonds is 8. The summed E-state index contributed by atoms with van der Waals surface area (Å²) < 4.78 is 0. The molecule has 9 aromatic carbocycles. The molecule has 1 aliphatic heterocycles. The van der Waals surface area contributed by atoms with Crippen LogP contribution >= 0.6 is 0 Å². The quantitative estimate of drug-likeness (QED) is 0.154. The zero-order valence-electron chi connectivity index (χ0n) is 31.5. The molecule has 0 fully saturated rings. The molecule has 1 heterocycles. The summed E-state index contributed by atoms with van der Waals surface area (Å²) in [4.78, 5) is 4.80. The van der Waals surface area contributed by atoms with E-state index in [2.05, 4.69) is 252 Å². The molecule has 0 unspecified atom stereocenters. The Bertz CT molecular complexity index is 2720. The minimum Gasteiger partial charge on any atom is -0.310 e. The summed E-state index contributed by atoms with van der Waals surface area (Å²) in [6.45, 7) is 0. The lowest BCUT2D eigenvalue weighted by molar-refractivity contribution is 0.731. The topological polar surface area (TPSA) is 6.48 Å².